The normalized spacial score (nSPS) is 23.8. The molecule has 84 valence electrons. The van der Waals surface area contributed by atoms with Crippen molar-refractivity contribution in [1.29, 1.82) is 5.26 Å². The van der Waals surface area contributed by atoms with Gasteiger partial charge in [0.15, 0.2) is 0 Å². The molecule has 0 spiro atoms. The standard InChI is InChI=1S/C13H16N2S/c1-9-4-5-13-11(8-9)15(3)10(2)12(16-13)6-7-14/h4-5,8,10,12H,6H2,1-3H3. The Bertz CT molecular complexity index is 436. The molecular weight excluding hydrogens is 216 g/mol. The fourth-order valence-electron chi connectivity index (χ4n) is 2.04. The van der Waals surface area contributed by atoms with Crippen LogP contribution < -0.4 is 4.90 Å². The lowest BCUT2D eigenvalue weighted by molar-refractivity contribution is 0.638. The molecule has 0 aromatic heterocycles. The summed E-state index contributed by atoms with van der Waals surface area (Å²) in [5, 5.41) is 9.21. The summed E-state index contributed by atoms with van der Waals surface area (Å²) in [5.74, 6) is 0. The van der Waals surface area contributed by atoms with Gasteiger partial charge in [0.1, 0.15) is 0 Å². The molecule has 0 bridgehead atoms. The van der Waals surface area contributed by atoms with Gasteiger partial charge in [-0.2, -0.15) is 5.26 Å². The van der Waals surface area contributed by atoms with Crippen LogP contribution in [-0.2, 0) is 0 Å². The molecule has 0 N–H and O–H groups in total. The van der Waals surface area contributed by atoms with Crippen molar-refractivity contribution in [3.63, 3.8) is 0 Å². The second kappa shape index (κ2) is 4.39. The molecule has 0 fully saturated rings. The van der Waals surface area contributed by atoms with Crippen molar-refractivity contribution in [3.8, 4) is 6.07 Å². The highest BCUT2D eigenvalue weighted by Crippen LogP contribution is 2.42. The first kappa shape index (κ1) is 11.3. The van der Waals surface area contributed by atoms with Gasteiger partial charge in [-0.15, -0.1) is 11.8 Å². The monoisotopic (exact) mass is 232 g/mol. The van der Waals surface area contributed by atoms with Crippen LogP contribution in [0.25, 0.3) is 0 Å². The highest BCUT2D eigenvalue weighted by atomic mass is 32.2. The van der Waals surface area contributed by atoms with E-state index in [9.17, 15) is 0 Å². The van der Waals surface area contributed by atoms with Crippen molar-refractivity contribution in [3.05, 3.63) is 23.8 Å². The van der Waals surface area contributed by atoms with Gasteiger partial charge in [0.05, 0.1) is 11.8 Å². The zero-order valence-electron chi connectivity index (χ0n) is 9.90. The van der Waals surface area contributed by atoms with Gasteiger partial charge in [0.25, 0.3) is 0 Å². The minimum absolute atomic E-state index is 0.380. The molecule has 0 saturated carbocycles. The molecular formula is C13H16N2S. The Kier molecular flexibility index (Phi) is 3.11. The van der Waals surface area contributed by atoms with Crippen LogP contribution in [0.1, 0.15) is 18.9 Å². The van der Waals surface area contributed by atoms with Gasteiger partial charge < -0.3 is 4.90 Å². The first-order chi connectivity index (χ1) is 7.63. The van der Waals surface area contributed by atoms with E-state index < -0.39 is 0 Å². The van der Waals surface area contributed by atoms with Gasteiger partial charge in [-0.3, -0.25) is 0 Å². The van der Waals surface area contributed by atoms with E-state index in [1.54, 1.807) is 0 Å². The Morgan fingerprint density at radius 2 is 2.25 bits per heavy atom. The molecule has 3 heteroatoms. The molecule has 0 amide bonds. The van der Waals surface area contributed by atoms with Crippen LogP contribution in [0.2, 0.25) is 0 Å². The molecule has 0 radical (unpaired) electrons. The van der Waals surface area contributed by atoms with Crippen molar-refractivity contribution in [1.82, 2.24) is 0 Å². The van der Waals surface area contributed by atoms with E-state index in [1.165, 1.54) is 16.1 Å². The van der Waals surface area contributed by atoms with Crippen molar-refractivity contribution in [2.24, 2.45) is 0 Å². The molecule has 2 unspecified atom stereocenters. The first-order valence-corrected chi connectivity index (χ1v) is 6.38. The van der Waals surface area contributed by atoms with Crippen molar-refractivity contribution in [2.75, 3.05) is 11.9 Å². The number of aryl methyl sites for hydroxylation is 1. The zero-order chi connectivity index (χ0) is 11.7. The summed E-state index contributed by atoms with van der Waals surface area (Å²) in [4.78, 5) is 3.59. The highest BCUT2D eigenvalue weighted by molar-refractivity contribution is 8.00. The Morgan fingerprint density at radius 1 is 1.50 bits per heavy atom. The molecule has 1 aromatic rings. The lowest BCUT2D eigenvalue weighted by atomic mass is 10.1. The number of thioether (sulfide) groups is 1. The second-order valence-corrected chi connectivity index (χ2v) is 5.62. The minimum atomic E-state index is 0.380. The third kappa shape index (κ3) is 1.90. The van der Waals surface area contributed by atoms with Crippen LogP contribution in [0, 0.1) is 18.3 Å². The minimum Gasteiger partial charge on any atom is -0.370 e. The third-order valence-electron chi connectivity index (χ3n) is 3.21. The molecule has 2 nitrogen and oxygen atoms in total. The van der Waals surface area contributed by atoms with Gasteiger partial charge in [-0.25, -0.2) is 0 Å². The number of anilines is 1. The first-order valence-electron chi connectivity index (χ1n) is 5.50. The molecule has 1 aromatic carbocycles. The summed E-state index contributed by atoms with van der Waals surface area (Å²) < 4.78 is 0. The largest absolute Gasteiger partial charge is 0.370 e. The molecule has 0 aliphatic carbocycles. The maximum Gasteiger partial charge on any atom is 0.0634 e. The number of nitrogens with zero attached hydrogens (tertiary/aromatic N) is 2. The van der Waals surface area contributed by atoms with E-state index in [1.807, 2.05) is 11.8 Å². The summed E-state index contributed by atoms with van der Waals surface area (Å²) in [6, 6.07) is 9.23. The molecule has 1 heterocycles. The van der Waals surface area contributed by atoms with Gasteiger partial charge in [0.2, 0.25) is 0 Å². The number of benzene rings is 1. The van der Waals surface area contributed by atoms with Crippen molar-refractivity contribution < 1.29 is 0 Å². The fourth-order valence-corrected chi connectivity index (χ4v) is 3.37. The lowest BCUT2D eigenvalue weighted by Gasteiger charge is -2.38. The average molecular weight is 232 g/mol. The maximum atomic E-state index is 8.83. The van der Waals surface area contributed by atoms with Crippen LogP contribution in [0.15, 0.2) is 23.1 Å². The summed E-state index contributed by atoms with van der Waals surface area (Å²) in [5.41, 5.74) is 2.59. The van der Waals surface area contributed by atoms with Gasteiger partial charge in [0, 0.05) is 29.7 Å². The van der Waals surface area contributed by atoms with Crippen molar-refractivity contribution in [2.45, 2.75) is 36.5 Å². The summed E-state index contributed by atoms with van der Waals surface area (Å²) in [6.07, 6.45) is 0.615. The van der Waals surface area contributed by atoms with E-state index in [4.69, 9.17) is 5.26 Å². The van der Waals surface area contributed by atoms with E-state index in [-0.39, 0.29) is 0 Å². The number of hydrogen-bond acceptors (Lipinski definition) is 3. The van der Waals surface area contributed by atoms with E-state index in [0.717, 1.165) is 0 Å². The van der Waals surface area contributed by atoms with E-state index in [2.05, 4.69) is 50.1 Å². The topological polar surface area (TPSA) is 27.0 Å². The fraction of sp³-hybridized carbons (Fsp3) is 0.462. The number of rotatable bonds is 1. The summed E-state index contributed by atoms with van der Waals surface area (Å²) >= 11 is 1.84. The summed E-state index contributed by atoms with van der Waals surface area (Å²) in [6.45, 7) is 4.31. The van der Waals surface area contributed by atoms with Crippen LogP contribution in [-0.4, -0.2) is 18.3 Å². The van der Waals surface area contributed by atoms with Crippen LogP contribution >= 0.6 is 11.8 Å². The number of hydrogen-bond donors (Lipinski definition) is 0. The van der Waals surface area contributed by atoms with Gasteiger partial charge in [-0.05, 0) is 31.5 Å². The Hall–Kier alpha value is -1.14. The third-order valence-corrected chi connectivity index (χ3v) is 4.68. The van der Waals surface area contributed by atoms with Gasteiger partial charge in [-0.1, -0.05) is 6.07 Å². The lowest BCUT2D eigenvalue weighted by Crippen LogP contribution is -2.40. The quantitative estimate of drug-likeness (QED) is 0.744. The Balaban J connectivity index is 2.37. The van der Waals surface area contributed by atoms with Crippen molar-refractivity contribution >= 4 is 17.4 Å². The second-order valence-electron chi connectivity index (χ2n) is 4.34. The van der Waals surface area contributed by atoms with Crippen LogP contribution in [0.3, 0.4) is 0 Å². The Labute approximate surface area is 101 Å². The molecule has 2 atom stereocenters. The summed E-state index contributed by atoms with van der Waals surface area (Å²) in [7, 11) is 2.12. The molecule has 1 aliphatic rings. The number of fused-ring (bicyclic) bond motifs is 1. The average Bonchev–Trinajstić information content (AvgIpc) is 2.27. The van der Waals surface area contributed by atoms with E-state index in [0.29, 0.717) is 17.7 Å². The Morgan fingerprint density at radius 3 is 2.94 bits per heavy atom. The number of nitriles is 1. The zero-order valence-corrected chi connectivity index (χ0v) is 10.7. The molecule has 2 rings (SSSR count). The van der Waals surface area contributed by atoms with Gasteiger partial charge >= 0.3 is 0 Å². The van der Waals surface area contributed by atoms with Crippen LogP contribution in [0.5, 0.6) is 0 Å². The molecule has 0 saturated heterocycles. The maximum absolute atomic E-state index is 8.83. The predicted octanol–water partition coefficient (Wildman–Crippen LogP) is 3.21. The molecule has 1 aliphatic heterocycles. The molecule has 16 heavy (non-hydrogen) atoms. The van der Waals surface area contributed by atoms with Crippen LogP contribution in [0.4, 0.5) is 5.69 Å². The predicted molar refractivity (Wildman–Crippen MR) is 68.9 cm³/mol. The SMILES string of the molecule is Cc1ccc2c(c1)N(C)C(C)C(CC#N)S2. The smallest absolute Gasteiger partial charge is 0.0634 e. The highest BCUT2D eigenvalue weighted by Gasteiger charge is 2.29. The van der Waals surface area contributed by atoms with E-state index >= 15 is 0 Å².